The topological polar surface area (TPSA) is 26.0 Å². The van der Waals surface area contributed by atoms with Crippen LogP contribution in [0.2, 0.25) is 0 Å². The van der Waals surface area contributed by atoms with Crippen molar-refractivity contribution in [1.29, 1.82) is 0 Å². The maximum atomic E-state index is 6.16. The molecule has 15 heavy (non-hydrogen) atoms. The molecule has 0 radical (unpaired) electrons. The minimum Gasteiger partial charge on any atom is -0.326 e. The molecule has 0 aliphatic rings. The molecular formula is C13H21NS. The van der Waals surface area contributed by atoms with E-state index in [1.807, 2.05) is 11.8 Å². The molecule has 2 N–H and O–H groups in total. The van der Waals surface area contributed by atoms with E-state index in [1.165, 1.54) is 11.1 Å². The lowest BCUT2D eigenvalue weighted by atomic mass is 10.0. The van der Waals surface area contributed by atoms with Gasteiger partial charge in [0.1, 0.15) is 0 Å². The molecule has 2 atom stereocenters. The van der Waals surface area contributed by atoms with Crippen molar-refractivity contribution in [3.05, 3.63) is 35.4 Å². The molecule has 1 aromatic rings. The van der Waals surface area contributed by atoms with Gasteiger partial charge in [-0.15, -0.1) is 0 Å². The highest BCUT2D eigenvalue weighted by molar-refractivity contribution is 7.99. The van der Waals surface area contributed by atoms with Gasteiger partial charge in [-0.3, -0.25) is 0 Å². The number of nitrogens with two attached hydrogens (primary N) is 1. The quantitative estimate of drug-likeness (QED) is 0.826. The van der Waals surface area contributed by atoms with Crippen molar-refractivity contribution in [3.63, 3.8) is 0 Å². The fraction of sp³-hybridized carbons (Fsp3) is 0.538. The summed E-state index contributed by atoms with van der Waals surface area (Å²) in [6, 6.07) is 8.96. The first-order valence-corrected chi connectivity index (χ1v) is 6.67. The van der Waals surface area contributed by atoms with Crippen LogP contribution in [0.25, 0.3) is 0 Å². The number of hydrogen-bond acceptors (Lipinski definition) is 2. The van der Waals surface area contributed by atoms with E-state index in [0.29, 0.717) is 5.25 Å². The van der Waals surface area contributed by atoms with Gasteiger partial charge in [-0.05, 0) is 24.7 Å². The Morgan fingerprint density at radius 3 is 2.60 bits per heavy atom. The Balaban J connectivity index is 2.88. The normalized spacial score (nSPS) is 14.9. The molecule has 0 spiro atoms. The van der Waals surface area contributed by atoms with Crippen LogP contribution in [0.3, 0.4) is 0 Å². The van der Waals surface area contributed by atoms with Gasteiger partial charge in [-0.2, -0.15) is 11.8 Å². The molecular weight excluding hydrogens is 202 g/mol. The molecule has 0 bridgehead atoms. The van der Waals surface area contributed by atoms with Gasteiger partial charge in [0, 0.05) is 11.3 Å². The molecule has 2 unspecified atom stereocenters. The van der Waals surface area contributed by atoms with Gasteiger partial charge in [0.05, 0.1) is 0 Å². The van der Waals surface area contributed by atoms with E-state index in [2.05, 4.69) is 45.0 Å². The molecule has 2 heteroatoms. The van der Waals surface area contributed by atoms with E-state index in [4.69, 9.17) is 5.73 Å². The smallest absolute Gasteiger partial charge is 0.0448 e. The van der Waals surface area contributed by atoms with Crippen molar-refractivity contribution in [2.45, 2.75) is 38.5 Å². The number of aryl methyl sites for hydroxylation is 1. The maximum Gasteiger partial charge on any atom is 0.0448 e. The van der Waals surface area contributed by atoms with E-state index in [1.54, 1.807) is 0 Å². The van der Waals surface area contributed by atoms with Crippen molar-refractivity contribution >= 4 is 11.8 Å². The largest absolute Gasteiger partial charge is 0.326 e. The van der Waals surface area contributed by atoms with Crippen LogP contribution in [-0.2, 0) is 0 Å². The molecule has 0 aliphatic carbocycles. The molecule has 1 aromatic carbocycles. The summed E-state index contributed by atoms with van der Waals surface area (Å²) in [7, 11) is 0. The lowest BCUT2D eigenvalue weighted by Gasteiger charge is -2.22. The fourth-order valence-corrected chi connectivity index (χ4v) is 2.85. The number of hydrogen-bond donors (Lipinski definition) is 1. The second kappa shape index (κ2) is 6.19. The predicted octanol–water partition coefficient (Wildman–Crippen LogP) is 3.53. The van der Waals surface area contributed by atoms with Crippen LogP contribution in [0.5, 0.6) is 0 Å². The molecule has 0 saturated heterocycles. The zero-order valence-corrected chi connectivity index (χ0v) is 10.7. The molecule has 0 aromatic heterocycles. The average Bonchev–Trinajstić information content (AvgIpc) is 2.25. The molecule has 1 nitrogen and oxygen atoms in total. The van der Waals surface area contributed by atoms with Crippen LogP contribution < -0.4 is 5.73 Å². The van der Waals surface area contributed by atoms with Crippen LogP contribution in [0.15, 0.2) is 24.3 Å². The van der Waals surface area contributed by atoms with Crippen LogP contribution in [-0.4, -0.2) is 11.8 Å². The molecule has 1 rings (SSSR count). The molecule has 0 fully saturated rings. The summed E-state index contributed by atoms with van der Waals surface area (Å²) in [6.07, 6.45) is 1.03. The molecule has 0 aliphatic heterocycles. The molecule has 0 amide bonds. The van der Waals surface area contributed by atoms with Crippen molar-refractivity contribution in [1.82, 2.24) is 0 Å². The van der Waals surface area contributed by atoms with Crippen molar-refractivity contribution in [2.75, 3.05) is 5.75 Å². The Morgan fingerprint density at radius 1 is 1.33 bits per heavy atom. The van der Waals surface area contributed by atoms with Crippen LogP contribution in [0.1, 0.15) is 36.6 Å². The third-order valence-corrected chi connectivity index (χ3v) is 3.89. The summed E-state index contributed by atoms with van der Waals surface area (Å²) in [5.74, 6) is 1.12. The Kier molecular flexibility index (Phi) is 5.20. The zero-order chi connectivity index (χ0) is 11.3. The van der Waals surface area contributed by atoms with E-state index in [-0.39, 0.29) is 6.04 Å². The van der Waals surface area contributed by atoms with E-state index >= 15 is 0 Å². The highest BCUT2D eigenvalue weighted by Crippen LogP contribution is 2.32. The summed E-state index contributed by atoms with van der Waals surface area (Å²) >= 11 is 1.95. The van der Waals surface area contributed by atoms with Crippen molar-refractivity contribution < 1.29 is 0 Å². The SMILES string of the molecule is CCSC(c1cccc(C)c1)C(N)CC. The minimum absolute atomic E-state index is 0.261. The Labute approximate surface area is 97.4 Å². The Hall–Kier alpha value is -0.470. The minimum atomic E-state index is 0.261. The second-order valence-electron chi connectivity index (χ2n) is 3.86. The van der Waals surface area contributed by atoms with Gasteiger partial charge in [0.15, 0.2) is 0 Å². The predicted molar refractivity (Wildman–Crippen MR) is 70.3 cm³/mol. The summed E-state index contributed by atoms with van der Waals surface area (Å²) in [4.78, 5) is 0. The second-order valence-corrected chi connectivity index (χ2v) is 5.28. The average molecular weight is 223 g/mol. The fourth-order valence-electron chi connectivity index (χ4n) is 1.71. The molecule has 0 heterocycles. The summed E-state index contributed by atoms with van der Waals surface area (Å²) < 4.78 is 0. The highest BCUT2D eigenvalue weighted by Gasteiger charge is 2.17. The van der Waals surface area contributed by atoms with Crippen molar-refractivity contribution in [2.24, 2.45) is 5.73 Å². The first-order valence-electron chi connectivity index (χ1n) is 5.62. The first kappa shape index (κ1) is 12.6. The number of rotatable bonds is 5. The van der Waals surface area contributed by atoms with Gasteiger partial charge >= 0.3 is 0 Å². The van der Waals surface area contributed by atoms with E-state index in [0.717, 1.165) is 12.2 Å². The first-order chi connectivity index (χ1) is 7.19. The lowest BCUT2D eigenvalue weighted by molar-refractivity contribution is 0.634. The standard InChI is InChI=1S/C13H21NS/c1-4-12(14)13(15-5-2)11-8-6-7-10(3)9-11/h6-9,12-13H,4-5,14H2,1-3H3. The van der Waals surface area contributed by atoms with Gasteiger partial charge in [-0.1, -0.05) is 43.7 Å². The van der Waals surface area contributed by atoms with Crippen LogP contribution in [0, 0.1) is 6.92 Å². The van der Waals surface area contributed by atoms with Crippen LogP contribution in [0.4, 0.5) is 0 Å². The van der Waals surface area contributed by atoms with E-state index in [9.17, 15) is 0 Å². The lowest BCUT2D eigenvalue weighted by Crippen LogP contribution is -2.25. The number of thioether (sulfide) groups is 1. The zero-order valence-electron chi connectivity index (χ0n) is 9.86. The van der Waals surface area contributed by atoms with Gasteiger partial charge in [0.25, 0.3) is 0 Å². The Bertz CT molecular complexity index is 298. The number of benzene rings is 1. The molecule has 0 saturated carbocycles. The Morgan fingerprint density at radius 2 is 2.07 bits per heavy atom. The molecule has 84 valence electrons. The summed E-state index contributed by atoms with van der Waals surface area (Å²) in [5.41, 5.74) is 8.85. The third-order valence-electron chi connectivity index (χ3n) is 2.58. The van der Waals surface area contributed by atoms with Gasteiger partial charge in [-0.25, -0.2) is 0 Å². The van der Waals surface area contributed by atoms with Gasteiger partial charge in [0.2, 0.25) is 0 Å². The monoisotopic (exact) mass is 223 g/mol. The summed E-state index contributed by atoms with van der Waals surface area (Å²) in [5, 5.41) is 0.444. The summed E-state index contributed by atoms with van der Waals surface area (Å²) in [6.45, 7) is 6.48. The van der Waals surface area contributed by atoms with Crippen molar-refractivity contribution in [3.8, 4) is 0 Å². The van der Waals surface area contributed by atoms with E-state index < -0.39 is 0 Å². The highest BCUT2D eigenvalue weighted by atomic mass is 32.2. The van der Waals surface area contributed by atoms with Crippen LogP contribution >= 0.6 is 11.8 Å². The third kappa shape index (κ3) is 3.54. The maximum absolute atomic E-state index is 6.16. The van der Waals surface area contributed by atoms with Gasteiger partial charge < -0.3 is 5.73 Å².